The highest BCUT2D eigenvalue weighted by molar-refractivity contribution is 5.50. The van der Waals surface area contributed by atoms with Crippen molar-refractivity contribution in [2.75, 3.05) is 0 Å². The van der Waals surface area contributed by atoms with Gasteiger partial charge in [-0.3, -0.25) is 14.9 Å². The molecule has 5 nitrogen and oxygen atoms in total. The van der Waals surface area contributed by atoms with Crippen LogP contribution in [-0.2, 0) is 4.79 Å². The van der Waals surface area contributed by atoms with Crippen molar-refractivity contribution in [1.82, 2.24) is 0 Å². The zero-order valence-electron chi connectivity index (χ0n) is 15.3. The number of nitrogens with zero attached hydrogens (tertiary/aromatic N) is 1. The molecule has 0 aliphatic rings. The second-order valence-corrected chi connectivity index (χ2v) is 6.05. The van der Waals surface area contributed by atoms with Gasteiger partial charge in [0.2, 0.25) is 6.04 Å². The lowest BCUT2D eigenvalue weighted by atomic mass is 10.0. The second-order valence-electron chi connectivity index (χ2n) is 6.05. The van der Waals surface area contributed by atoms with Crippen molar-refractivity contribution < 1.29 is 14.8 Å². The number of hydrogen-bond acceptors (Lipinski definition) is 4. The van der Waals surface area contributed by atoms with Crippen molar-refractivity contribution in [3.63, 3.8) is 0 Å². The summed E-state index contributed by atoms with van der Waals surface area (Å²) >= 11 is 0. The second kappa shape index (κ2) is 17.1. The summed E-state index contributed by atoms with van der Waals surface area (Å²) in [4.78, 5) is 20.8. The van der Waals surface area contributed by atoms with Crippen LogP contribution in [0.5, 0.6) is 0 Å². The van der Waals surface area contributed by atoms with E-state index in [1.807, 2.05) is 30.6 Å². The number of aliphatic hydroxyl groups excluding tert-OH is 1. The predicted molar refractivity (Wildman–Crippen MR) is 102 cm³/mol. The minimum absolute atomic E-state index is 0.248. The molecule has 0 spiro atoms. The minimum Gasteiger partial charge on any atom is -0.386 e. The molecule has 0 saturated heterocycles. The van der Waals surface area contributed by atoms with E-state index in [4.69, 9.17) is 0 Å². The lowest BCUT2D eigenvalue weighted by molar-refractivity contribution is -0.533. The molecule has 1 radical (unpaired) electrons. The summed E-state index contributed by atoms with van der Waals surface area (Å²) in [5, 5.41) is 21.2. The molecule has 0 aliphatic carbocycles. The summed E-state index contributed by atoms with van der Waals surface area (Å²) in [6.07, 6.45) is 20.1. The Kier molecular flexibility index (Phi) is 15.9. The first-order valence-electron chi connectivity index (χ1n) is 9.25. The van der Waals surface area contributed by atoms with E-state index in [9.17, 15) is 20.0 Å². The number of nitro groups is 1. The highest BCUT2D eigenvalue weighted by Crippen LogP contribution is 2.11. The average Bonchev–Trinajstić information content (AvgIpc) is 2.59. The van der Waals surface area contributed by atoms with Crippen LogP contribution < -0.4 is 0 Å². The number of hydrogen-bond donors (Lipinski definition) is 1. The van der Waals surface area contributed by atoms with Gasteiger partial charge in [-0.1, -0.05) is 56.2 Å². The standard InChI is InChI=1S/C20H32NO4/c1-2-3-4-5-11-14-17-20(23)19(21(24)25)16-13-10-8-6-7-9-12-15-18-22/h3-4,10-11,13-14,19-20,23H,2,5-9,12,15-17H2,1H3/b4-3-,13-10-,14-11-. The van der Waals surface area contributed by atoms with Crippen LogP contribution in [0.3, 0.4) is 0 Å². The molecule has 0 aromatic heterocycles. The minimum atomic E-state index is -0.967. The molecule has 0 aliphatic heterocycles. The smallest absolute Gasteiger partial charge is 0.242 e. The van der Waals surface area contributed by atoms with E-state index >= 15 is 0 Å². The van der Waals surface area contributed by atoms with Gasteiger partial charge in [0.1, 0.15) is 6.10 Å². The third-order valence-corrected chi connectivity index (χ3v) is 3.88. The number of rotatable bonds is 16. The maximum atomic E-state index is 11.1. The van der Waals surface area contributed by atoms with E-state index in [2.05, 4.69) is 13.0 Å². The zero-order chi connectivity index (χ0) is 18.8. The van der Waals surface area contributed by atoms with Gasteiger partial charge in [-0.05, 0) is 38.5 Å². The third-order valence-electron chi connectivity index (χ3n) is 3.88. The van der Waals surface area contributed by atoms with Crippen LogP contribution >= 0.6 is 0 Å². The molecule has 1 N–H and O–H groups in total. The Bertz CT molecular complexity index is 429. The SMILES string of the molecule is CC/C=C\C/C=C\CC(O)C(C/C=C\CCCCCC[C]=O)[N+](=O)[O-]. The van der Waals surface area contributed by atoms with Crippen LogP contribution in [0.4, 0.5) is 0 Å². The molecule has 0 amide bonds. The van der Waals surface area contributed by atoms with Gasteiger partial charge in [-0.25, -0.2) is 0 Å². The van der Waals surface area contributed by atoms with Crippen molar-refractivity contribution in [3.8, 4) is 0 Å². The highest BCUT2D eigenvalue weighted by atomic mass is 16.6. The molecule has 5 heteroatoms. The molecule has 0 heterocycles. The number of allylic oxidation sites excluding steroid dienone is 4. The maximum Gasteiger partial charge on any atom is 0.242 e. The monoisotopic (exact) mass is 350 g/mol. The molecule has 0 aromatic carbocycles. The molecule has 0 aromatic rings. The van der Waals surface area contributed by atoms with E-state index in [-0.39, 0.29) is 6.42 Å². The topological polar surface area (TPSA) is 80.4 Å². The molecule has 25 heavy (non-hydrogen) atoms. The van der Waals surface area contributed by atoms with E-state index in [0.29, 0.717) is 12.8 Å². The van der Waals surface area contributed by atoms with Gasteiger partial charge in [0.15, 0.2) is 6.29 Å². The Labute approximate surface area is 151 Å². The van der Waals surface area contributed by atoms with Crippen molar-refractivity contribution in [3.05, 3.63) is 46.6 Å². The number of carbonyl (C=O) groups excluding carboxylic acids is 1. The molecule has 0 fully saturated rings. The first-order chi connectivity index (χ1) is 12.1. The van der Waals surface area contributed by atoms with Gasteiger partial charge < -0.3 is 5.11 Å². The van der Waals surface area contributed by atoms with Crippen LogP contribution in [0, 0.1) is 10.1 Å². The van der Waals surface area contributed by atoms with Crippen molar-refractivity contribution >= 4 is 6.29 Å². The normalized spacial score (nSPS) is 14.5. The van der Waals surface area contributed by atoms with Gasteiger partial charge in [-0.2, -0.15) is 0 Å². The van der Waals surface area contributed by atoms with Crippen LogP contribution in [0.1, 0.15) is 71.1 Å². The van der Waals surface area contributed by atoms with Crippen molar-refractivity contribution in [2.24, 2.45) is 0 Å². The first-order valence-corrected chi connectivity index (χ1v) is 9.25. The van der Waals surface area contributed by atoms with E-state index in [0.717, 1.165) is 44.9 Å². The molecular weight excluding hydrogens is 318 g/mol. The lowest BCUT2D eigenvalue weighted by Crippen LogP contribution is -2.32. The Balaban J connectivity index is 4.02. The Hall–Kier alpha value is -1.75. The first kappa shape index (κ1) is 23.2. The fourth-order valence-electron chi connectivity index (χ4n) is 2.38. The fraction of sp³-hybridized carbons (Fsp3) is 0.650. The zero-order valence-corrected chi connectivity index (χ0v) is 15.3. The molecule has 2 atom stereocenters. The van der Waals surface area contributed by atoms with Gasteiger partial charge in [0, 0.05) is 17.8 Å². The predicted octanol–water partition coefficient (Wildman–Crippen LogP) is 4.69. The Morgan fingerprint density at radius 3 is 2.36 bits per heavy atom. The lowest BCUT2D eigenvalue weighted by Gasteiger charge is -2.12. The van der Waals surface area contributed by atoms with Crippen molar-refractivity contribution in [1.29, 1.82) is 0 Å². The molecule has 0 bridgehead atoms. The van der Waals surface area contributed by atoms with E-state index < -0.39 is 17.1 Å². The van der Waals surface area contributed by atoms with E-state index in [1.54, 1.807) is 6.08 Å². The molecule has 141 valence electrons. The van der Waals surface area contributed by atoms with Crippen LogP contribution in [0.2, 0.25) is 0 Å². The molecule has 2 unspecified atom stereocenters. The maximum absolute atomic E-state index is 11.1. The quantitative estimate of drug-likeness (QED) is 0.189. The molecule has 0 saturated carbocycles. The summed E-state index contributed by atoms with van der Waals surface area (Å²) < 4.78 is 0. The summed E-state index contributed by atoms with van der Waals surface area (Å²) in [5.74, 6) is 0. The third kappa shape index (κ3) is 14.3. The molecular formula is C20H32NO4. The largest absolute Gasteiger partial charge is 0.386 e. The van der Waals surface area contributed by atoms with Crippen LogP contribution in [0.15, 0.2) is 36.5 Å². The fourth-order valence-corrected chi connectivity index (χ4v) is 2.38. The Morgan fingerprint density at radius 1 is 1.00 bits per heavy atom. The van der Waals surface area contributed by atoms with E-state index in [1.165, 1.54) is 0 Å². The van der Waals surface area contributed by atoms with Gasteiger partial charge in [0.05, 0.1) is 0 Å². The van der Waals surface area contributed by atoms with Crippen molar-refractivity contribution in [2.45, 2.75) is 83.3 Å². The van der Waals surface area contributed by atoms with Gasteiger partial charge in [-0.15, -0.1) is 0 Å². The van der Waals surface area contributed by atoms with Gasteiger partial charge >= 0.3 is 0 Å². The summed E-state index contributed by atoms with van der Waals surface area (Å²) in [6.45, 7) is 2.06. The van der Waals surface area contributed by atoms with Crippen LogP contribution in [0.25, 0.3) is 0 Å². The summed E-state index contributed by atoms with van der Waals surface area (Å²) in [6, 6.07) is -0.963. The Morgan fingerprint density at radius 2 is 1.68 bits per heavy atom. The average molecular weight is 350 g/mol. The summed E-state index contributed by atoms with van der Waals surface area (Å²) in [7, 11) is 0. The summed E-state index contributed by atoms with van der Waals surface area (Å²) in [5.41, 5.74) is 0. The highest BCUT2D eigenvalue weighted by Gasteiger charge is 2.27. The van der Waals surface area contributed by atoms with Gasteiger partial charge in [0.25, 0.3) is 0 Å². The number of unbranched alkanes of at least 4 members (excludes halogenated alkanes) is 5. The number of aliphatic hydroxyl groups is 1. The molecule has 0 rings (SSSR count). The van der Waals surface area contributed by atoms with Crippen LogP contribution in [-0.4, -0.2) is 28.5 Å².